The second kappa shape index (κ2) is 9.45. The molecule has 0 amide bonds. The SMILES string of the molecule is Cl.Cl.Nc1cc(Nc2nc3c(c(N4CCC(N)C4)n2)CCCC3)cc(C(F)(F)F)c1. The Morgan fingerprint density at radius 1 is 1.07 bits per heavy atom. The minimum Gasteiger partial charge on any atom is -0.399 e. The maximum Gasteiger partial charge on any atom is 0.416 e. The van der Waals surface area contributed by atoms with Gasteiger partial charge in [0.05, 0.1) is 11.3 Å². The Morgan fingerprint density at radius 3 is 2.47 bits per heavy atom. The Hall–Kier alpha value is -1.97. The van der Waals surface area contributed by atoms with Crippen molar-refractivity contribution in [1.29, 1.82) is 0 Å². The number of nitrogens with two attached hydrogens (primary N) is 2. The van der Waals surface area contributed by atoms with Crippen molar-refractivity contribution in [2.45, 2.75) is 44.3 Å². The number of aromatic nitrogens is 2. The summed E-state index contributed by atoms with van der Waals surface area (Å²) in [6.07, 6.45) is 0.293. The lowest BCUT2D eigenvalue weighted by molar-refractivity contribution is -0.137. The molecule has 1 fully saturated rings. The van der Waals surface area contributed by atoms with Crippen LogP contribution in [-0.2, 0) is 19.0 Å². The van der Waals surface area contributed by atoms with Gasteiger partial charge in [0.1, 0.15) is 5.82 Å². The van der Waals surface area contributed by atoms with Gasteiger partial charge in [-0.25, -0.2) is 4.98 Å². The molecule has 0 spiro atoms. The number of anilines is 4. The zero-order valence-corrected chi connectivity index (χ0v) is 17.8. The second-order valence-corrected chi connectivity index (χ2v) is 7.46. The fraction of sp³-hybridized carbons (Fsp3) is 0.474. The average Bonchev–Trinajstić information content (AvgIpc) is 3.06. The Bertz CT molecular complexity index is 893. The standard InChI is InChI=1S/C19H23F3N6.2ClH/c20-19(21,22)11-7-13(24)9-14(8-11)25-18-26-16-4-2-1-3-15(16)17(27-18)28-6-5-12(23)10-28;;/h7-9,12H,1-6,10,23-24H2,(H,25,26,27);2*1H. The van der Waals surface area contributed by atoms with E-state index in [-0.39, 0.29) is 48.2 Å². The highest BCUT2D eigenvalue weighted by molar-refractivity contribution is 5.85. The van der Waals surface area contributed by atoms with Gasteiger partial charge < -0.3 is 21.7 Å². The molecule has 2 heterocycles. The first-order chi connectivity index (χ1) is 13.3. The molecule has 166 valence electrons. The van der Waals surface area contributed by atoms with E-state index in [0.29, 0.717) is 0 Å². The third-order valence-corrected chi connectivity index (χ3v) is 5.22. The van der Waals surface area contributed by atoms with E-state index in [2.05, 4.69) is 20.2 Å². The predicted molar refractivity (Wildman–Crippen MR) is 117 cm³/mol. The smallest absolute Gasteiger partial charge is 0.399 e. The van der Waals surface area contributed by atoms with E-state index >= 15 is 0 Å². The van der Waals surface area contributed by atoms with Gasteiger partial charge in [0.25, 0.3) is 0 Å². The maximum atomic E-state index is 13.1. The second-order valence-electron chi connectivity index (χ2n) is 7.46. The van der Waals surface area contributed by atoms with Gasteiger partial charge in [-0.15, -0.1) is 24.8 Å². The minimum atomic E-state index is -4.47. The topological polar surface area (TPSA) is 93.1 Å². The summed E-state index contributed by atoms with van der Waals surface area (Å²) >= 11 is 0. The zero-order valence-electron chi connectivity index (χ0n) is 16.2. The van der Waals surface area contributed by atoms with E-state index < -0.39 is 11.7 Å². The van der Waals surface area contributed by atoms with Crippen LogP contribution in [0.3, 0.4) is 0 Å². The van der Waals surface area contributed by atoms with Crippen molar-refractivity contribution in [3.05, 3.63) is 35.0 Å². The fourth-order valence-corrected chi connectivity index (χ4v) is 3.89. The summed E-state index contributed by atoms with van der Waals surface area (Å²) in [6, 6.07) is 3.48. The summed E-state index contributed by atoms with van der Waals surface area (Å²) in [4.78, 5) is 11.4. The maximum absolute atomic E-state index is 13.1. The van der Waals surface area contributed by atoms with Crippen molar-refractivity contribution in [1.82, 2.24) is 9.97 Å². The van der Waals surface area contributed by atoms with E-state index in [9.17, 15) is 13.2 Å². The van der Waals surface area contributed by atoms with Gasteiger partial charge in [-0.1, -0.05) is 0 Å². The first-order valence-electron chi connectivity index (χ1n) is 9.45. The highest BCUT2D eigenvalue weighted by Gasteiger charge is 2.31. The largest absolute Gasteiger partial charge is 0.416 e. The van der Waals surface area contributed by atoms with E-state index in [1.54, 1.807) is 0 Å². The van der Waals surface area contributed by atoms with Gasteiger partial charge in [-0.05, 0) is 50.3 Å². The molecule has 2 aromatic rings. The number of rotatable bonds is 3. The predicted octanol–water partition coefficient (Wildman–Crippen LogP) is 4.08. The van der Waals surface area contributed by atoms with Crippen LogP contribution < -0.4 is 21.7 Å². The van der Waals surface area contributed by atoms with Crippen LogP contribution in [0, 0.1) is 0 Å². The highest BCUT2D eigenvalue weighted by atomic mass is 35.5. The molecule has 1 aromatic carbocycles. The number of fused-ring (bicyclic) bond motifs is 1. The summed E-state index contributed by atoms with van der Waals surface area (Å²) in [5.74, 6) is 1.13. The summed E-state index contributed by atoms with van der Waals surface area (Å²) in [5, 5.41) is 2.92. The highest BCUT2D eigenvalue weighted by Crippen LogP contribution is 2.35. The summed E-state index contributed by atoms with van der Waals surface area (Å²) in [6.45, 7) is 1.54. The van der Waals surface area contributed by atoms with E-state index in [1.165, 1.54) is 6.07 Å². The molecule has 0 saturated carbocycles. The van der Waals surface area contributed by atoms with Crippen LogP contribution in [0.25, 0.3) is 0 Å². The van der Waals surface area contributed by atoms with Crippen LogP contribution in [0.1, 0.15) is 36.1 Å². The number of aryl methyl sites for hydroxylation is 1. The monoisotopic (exact) mass is 464 g/mol. The molecule has 1 atom stereocenters. The van der Waals surface area contributed by atoms with Gasteiger partial charge in [0.15, 0.2) is 0 Å². The van der Waals surface area contributed by atoms with Gasteiger partial charge in [0, 0.05) is 36.1 Å². The minimum absolute atomic E-state index is 0. The number of nitrogens with zero attached hydrogens (tertiary/aromatic N) is 3. The molecule has 1 saturated heterocycles. The molecule has 6 nitrogen and oxygen atoms in total. The summed E-state index contributed by atoms with van der Waals surface area (Å²) in [7, 11) is 0. The summed E-state index contributed by atoms with van der Waals surface area (Å²) in [5.41, 5.74) is 13.2. The van der Waals surface area contributed by atoms with E-state index in [4.69, 9.17) is 11.5 Å². The van der Waals surface area contributed by atoms with Crippen LogP contribution in [0.2, 0.25) is 0 Å². The third-order valence-electron chi connectivity index (χ3n) is 5.22. The lowest BCUT2D eigenvalue weighted by Crippen LogP contribution is -2.29. The normalized spacial score (nSPS) is 18.3. The van der Waals surface area contributed by atoms with E-state index in [1.807, 2.05) is 0 Å². The molecule has 4 rings (SSSR count). The molecule has 30 heavy (non-hydrogen) atoms. The van der Waals surface area contributed by atoms with Gasteiger partial charge in [-0.3, -0.25) is 0 Å². The molecule has 2 aliphatic rings. The molecule has 1 aliphatic carbocycles. The fourth-order valence-electron chi connectivity index (χ4n) is 3.89. The Balaban J connectivity index is 0.00000160. The first-order valence-corrected chi connectivity index (χ1v) is 9.45. The van der Waals surface area contributed by atoms with Gasteiger partial charge >= 0.3 is 6.18 Å². The molecule has 1 unspecified atom stereocenters. The Labute approximate surface area is 185 Å². The van der Waals surface area contributed by atoms with E-state index in [0.717, 1.165) is 74.4 Å². The molecule has 0 bridgehead atoms. The summed E-state index contributed by atoms with van der Waals surface area (Å²) < 4.78 is 39.3. The number of halogens is 5. The van der Waals surface area contributed by atoms with Crippen molar-refractivity contribution in [2.75, 3.05) is 29.0 Å². The number of hydrogen-bond acceptors (Lipinski definition) is 6. The molecule has 1 aromatic heterocycles. The lowest BCUT2D eigenvalue weighted by atomic mass is 9.96. The third kappa shape index (κ3) is 5.19. The van der Waals surface area contributed by atoms with Crippen LogP contribution in [0.15, 0.2) is 18.2 Å². The van der Waals surface area contributed by atoms with Crippen molar-refractivity contribution < 1.29 is 13.2 Å². The van der Waals surface area contributed by atoms with Crippen LogP contribution in [0.4, 0.5) is 36.3 Å². The Morgan fingerprint density at radius 2 is 1.80 bits per heavy atom. The molecule has 1 aliphatic heterocycles. The zero-order chi connectivity index (χ0) is 19.9. The van der Waals surface area contributed by atoms with Crippen LogP contribution in [-0.4, -0.2) is 29.1 Å². The molecular formula is C19H25Cl2F3N6. The number of benzene rings is 1. The molecule has 11 heteroatoms. The van der Waals surface area contributed by atoms with Crippen molar-refractivity contribution >= 4 is 48.0 Å². The van der Waals surface area contributed by atoms with Gasteiger partial charge in [0.2, 0.25) is 5.95 Å². The molecular weight excluding hydrogens is 440 g/mol. The average molecular weight is 465 g/mol. The number of nitrogen functional groups attached to an aromatic ring is 1. The first kappa shape index (κ1) is 24.3. The lowest BCUT2D eigenvalue weighted by Gasteiger charge is -2.25. The number of alkyl halides is 3. The van der Waals surface area contributed by atoms with Crippen molar-refractivity contribution in [3.8, 4) is 0 Å². The number of hydrogen-bond donors (Lipinski definition) is 3. The Kier molecular flexibility index (Phi) is 7.65. The molecule has 0 radical (unpaired) electrons. The quantitative estimate of drug-likeness (QED) is 0.592. The molecule has 5 N–H and O–H groups in total. The van der Waals surface area contributed by atoms with Crippen molar-refractivity contribution in [2.24, 2.45) is 5.73 Å². The van der Waals surface area contributed by atoms with Crippen molar-refractivity contribution in [3.63, 3.8) is 0 Å². The van der Waals surface area contributed by atoms with Gasteiger partial charge in [-0.2, -0.15) is 18.2 Å². The van der Waals surface area contributed by atoms with Crippen LogP contribution in [0.5, 0.6) is 0 Å². The van der Waals surface area contributed by atoms with Crippen LogP contribution >= 0.6 is 24.8 Å². The number of nitrogens with one attached hydrogen (secondary N) is 1.